The molecule has 0 amide bonds. The number of aryl methyl sites for hydroxylation is 1. The van der Waals surface area contributed by atoms with E-state index in [1.807, 2.05) is 13.0 Å². The predicted octanol–water partition coefficient (Wildman–Crippen LogP) is 3.26. The first-order valence-electron chi connectivity index (χ1n) is 5.92. The number of carbonyl (C=O) groups is 1. The highest BCUT2D eigenvalue weighted by Gasteiger charge is 2.19. The second-order valence-electron chi connectivity index (χ2n) is 4.43. The lowest BCUT2D eigenvalue weighted by Crippen LogP contribution is -2.14. The van der Waals surface area contributed by atoms with Crippen LogP contribution in [0.3, 0.4) is 0 Å². The van der Waals surface area contributed by atoms with Crippen LogP contribution in [-0.2, 0) is 10.0 Å². The zero-order valence-corrected chi connectivity index (χ0v) is 13.4. The summed E-state index contributed by atoms with van der Waals surface area (Å²) in [4.78, 5) is 10.8. The first-order valence-corrected chi connectivity index (χ1v) is 8.19. The normalized spacial score (nSPS) is 11.1. The summed E-state index contributed by atoms with van der Waals surface area (Å²) in [6, 6.07) is 10.7. The van der Waals surface area contributed by atoms with E-state index < -0.39 is 16.0 Å². The number of sulfonamides is 1. The molecule has 5 nitrogen and oxygen atoms in total. The molecule has 0 aliphatic rings. The average Bonchev–Trinajstić information content (AvgIpc) is 2.37. The Morgan fingerprint density at radius 1 is 1.19 bits per heavy atom. The largest absolute Gasteiger partial charge is 0.478 e. The van der Waals surface area contributed by atoms with E-state index in [-0.39, 0.29) is 14.9 Å². The molecule has 0 atom stereocenters. The van der Waals surface area contributed by atoms with Gasteiger partial charge in [-0.1, -0.05) is 12.1 Å². The fourth-order valence-corrected chi connectivity index (χ4v) is 3.90. The molecule has 0 saturated heterocycles. The lowest BCUT2D eigenvalue weighted by atomic mass is 10.2. The van der Waals surface area contributed by atoms with Crippen molar-refractivity contribution in [3.8, 4) is 0 Å². The molecule has 0 bridgehead atoms. The predicted molar refractivity (Wildman–Crippen MR) is 83.1 cm³/mol. The van der Waals surface area contributed by atoms with Crippen molar-refractivity contribution >= 4 is 37.6 Å². The van der Waals surface area contributed by atoms with Gasteiger partial charge in [0, 0.05) is 10.2 Å². The van der Waals surface area contributed by atoms with Gasteiger partial charge in [-0.15, -0.1) is 0 Å². The van der Waals surface area contributed by atoms with E-state index in [9.17, 15) is 13.2 Å². The van der Waals surface area contributed by atoms with Gasteiger partial charge in [0.25, 0.3) is 10.0 Å². The quantitative estimate of drug-likeness (QED) is 0.866. The summed E-state index contributed by atoms with van der Waals surface area (Å²) in [6.07, 6.45) is 0. The molecule has 0 aliphatic carbocycles. The molecule has 0 aliphatic heterocycles. The maximum absolute atomic E-state index is 12.3. The van der Waals surface area contributed by atoms with Gasteiger partial charge in [0.1, 0.15) is 4.90 Å². The Morgan fingerprint density at radius 3 is 2.48 bits per heavy atom. The Morgan fingerprint density at radius 2 is 1.90 bits per heavy atom. The fraction of sp³-hybridized carbons (Fsp3) is 0.0714. The van der Waals surface area contributed by atoms with Crippen LogP contribution in [0.2, 0.25) is 0 Å². The SMILES string of the molecule is Cc1cccc(NS(=O)(=O)c2ccc(C(=O)O)cc2Br)c1. The van der Waals surface area contributed by atoms with E-state index in [2.05, 4.69) is 20.7 Å². The zero-order chi connectivity index (χ0) is 15.6. The molecule has 2 aromatic rings. The highest BCUT2D eigenvalue weighted by atomic mass is 79.9. The van der Waals surface area contributed by atoms with E-state index in [0.717, 1.165) is 5.56 Å². The number of rotatable bonds is 4. The first-order chi connectivity index (χ1) is 9.79. The number of halogens is 1. The number of carboxylic acid groups (broad SMARTS) is 1. The summed E-state index contributed by atoms with van der Waals surface area (Å²) in [5.74, 6) is -1.12. The highest BCUT2D eigenvalue weighted by molar-refractivity contribution is 9.10. The van der Waals surface area contributed by atoms with Gasteiger partial charge in [-0.3, -0.25) is 4.72 Å². The molecule has 0 unspecified atom stereocenters. The third kappa shape index (κ3) is 3.62. The van der Waals surface area contributed by atoms with Gasteiger partial charge in [-0.05, 0) is 58.7 Å². The minimum Gasteiger partial charge on any atom is -0.478 e. The van der Waals surface area contributed by atoms with Crippen LogP contribution in [-0.4, -0.2) is 19.5 Å². The van der Waals surface area contributed by atoms with Gasteiger partial charge < -0.3 is 5.11 Å². The van der Waals surface area contributed by atoms with Gasteiger partial charge in [-0.25, -0.2) is 13.2 Å². The zero-order valence-electron chi connectivity index (χ0n) is 11.0. The van der Waals surface area contributed by atoms with Crippen LogP contribution in [0.5, 0.6) is 0 Å². The Labute approximate surface area is 130 Å². The number of carboxylic acids is 1. The van der Waals surface area contributed by atoms with Gasteiger partial charge in [0.15, 0.2) is 0 Å². The Hall–Kier alpha value is -1.86. The standard InChI is InChI=1S/C14H12BrNO4S/c1-9-3-2-4-11(7-9)16-21(19,20)13-6-5-10(14(17)18)8-12(13)15/h2-8,16H,1H3,(H,17,18). The minimum atomic E-state index is -3.79. The summed E-state index contributed by atoms with van der Waals surface area (Å²) in [6.45, 7) is 1.86. The van der Waals surface area contributed by atoms with Crippen LogP contribution >= 0.6 is 15.9 Å². The molecular weight excluding hydrogens is 358 g/mol. The summed E-state index contributed by atoms with van der Waals surface area (Å²) >= 11 is 3.10. The maximum Gasteiger partial charge on any atom is 0.335 e. The van der Waals surface area contributed by atoms with Crippen molar-refractivity contribution in [2.24, 2.45) is 0 Å². The Kier molecular flexibility index (Phi) is 4.34. The molecule has 0 radical (unpaired) electrons. The van der Waals surface area contributed by atoms with Crippen molar-refractivity contribution in [1.29, 1.82) is 0 Å². The second-order valence-corrected chi connectivity index (χ2v) is 6.93. The van der Waals surface area contributed by atoms with Crippen molar-refractivity contribution < 1.29 is 18.3 Å². The lowest BCUT2D eigenvalue weighted by Gasteiger charge is -2.10. The second kappa shape index (κ2) is 5.87. The number of hydrogen-bond acceptors (Lipinski definition) is 3. The molecule has 2 aromatic carbocycles. The Balaban J connectivity index is 2.38. The number of hydrogen-bond donors (Lipinski definition) is 2. The lowest BCUT2D eigenvalue weighted by molar-refractivity contribution is 0.0696. The molecule has 7 heteroatoms. The number of aromatic carboxylic acids is 1. The molecule has 2 rings (SSSR count). The summed E-state index contributed by atoms with van der Waals surface area (Å²) < 4.78 is 27.3. The van der Waals surface area contributed by atoms with E-state index in [1.165, 1.54) is 18.2 Å². The van der Waals surface area contributed by atoms with Gasteiger partial charge >= 0.3 is 5.97 Å². The van der Waals surface area contributed by atoms with Crippen molar-refractivity contribution in [3.63, 3.8) is 0 Å². The van der Waals surface area contributed by atoms with E-state index >= 15 is 0 Å². The molecule has 0 fully saturated rings. The Bertz CT molecular complexity index is 802. The third-order valence-corrected chi connectivity index (χ3v) is 5.10. The summed E-state index contributed by atoms with van der Waals surface area (Å²) in [5.41, 5.74) is 1.39. The van der Waals surface area contributed by atoms with Gasteiger partial charge in [0.2, 0.25) is 0 Å². The van der Waals surface area contributed by atoms with E-state index in [4.69, 9.17) is 5.11 Å². The summed E-state index contributed by atoms with van der Waals surface area (Å²) in [5, 5.41) is 8.88. The van der Waals surface area contributed by atoms with Crippen molar-refractivity contribution in [2.75, 3.05) is 4.72 Å². The first kappa shape index (κ1) is 15.5. The van der Waals surface area contributed by atoms with Gasteiger partial charge in [-0.2, -0.15) is 0 Å². The van der Waals surface area contributed by atoms with E-state index in [1.54, 1.807) is 18.2 Å². The van der Waals surface area contributed by atoms with Crippen LogP contribution in [0, 0.1) is 6.92 Å². The monoisotopic (exact) mass is 369 g/mol. The smallest absolute Gasteiger partial charge is 0.335 e. The number of nitrogens with one attached hydrogen (secondary N) is 1. The molecule has 2 N–H and O–H groups in total. The molecule has 0 aromatic heterocycles. The number of benzene rings is 2. The topological polar surface area (TPSA) is 83.5 Å². The van der Waals surface area contributed by atoms with Crippen molar-refractivity contribution in [2.45, 2.75) is 11.8 Å². The molecule has 110 valence electrons. The van der Waals surface area contributed by atoms with Crippen LogP contribution in [0.4, 0.5) is 5.69 Å². The highest BCUT2D eigenvalue weighted by Crippen LogP contribution is 2.25. The third-order valence-electron chi connectivity index (χ3n) is 2.74. The molecule has 0 spiro atoms. The van der Waals surface area contributed by atoms with Gasteiger partial charge in [0.05, 0.1) is 5.56 Å². The average molecular weight is 370 g/mol. The van der Waals surface area contributed by atoms with Crippen molar-refractivity contribution in [3.05, 3.63) is 58.1 Å². The molecule has 21 heavy (non-hydrogen) atoms. The van der Waals surface area contributed by atoms with E-state index in [0.29, 0.717) is 5.69 Å². The van der Waals surface area contributed by atoms with Crippen LogP contribution in [0.1, 0.15) is 15.9 Å². The molecule has 0 heterocycles. The van der Waals surface area contributed by atoms with Crippen LogP contribution in [0.15, 0.2) is 51.8 Å². The number of anilines is 1. The van der Waals surface area contributed by atoms with Crippen molar-refractivity contribution in [1.82, 2.24) is 0 Å². The molecule has 0 saturated carbocycles. The van der Waals surface area contributed by atoms with Crippen LogP contribution in [0.25, 0.3) is 0 Å². The fourth-order valence-electron chi connectivity index (χ4n) is 1.77. The minimum absolute atomic E-state index is 0.0105. The van der Waals surface area contributed by atoms with Crippen LogP contribution < -0.4 is 4.72 Å². The summed E-state index contributed by atoms with van der Waals surface area (Å²) in [7, 11) is -3.79. The maximum atomic E-state index is 12.3. The molecular formula is C14H12BrNO4S.